The van der Waals surface area contributed by atoms with Crippen LogP contribution in [0.25, 0.3) is 11.1 Å². The monoisotopic (exact) mass is 680 g/mol. The van der Waals surface area contributed by atoms with Gasteiger partial charge in [0.1, 0.15) is 22.9 Å². The number of anilines is 2. The lowest BCUT2D eigenvalue weighted by atomic mass is 9.94. The number of hydrogen-bond donors (Lipinski definition) is 6. The molecule has 0 saturated heterocycles. The molecule has 6 rings (SSSR count). The van der Waals surface area contributed by atoms with E-state index in [1.165, 1.54) is 0 Å². The first-order valence-electron chi connectivity index (χ1n) is 16.8. The van der Waals surface area contributed by atoms with E-state index in [2.05, 4.69) is 31.2 Å². The quantitative estimate of drug-likeness (QED) is 0.105. The van der Waals surface area contributed by atoms with E-state index in [1.54, 1.807) is 38.7 Å². The molecule has 2 aromatic carbocycles. The highest BCUT2D eigenvalue weighted by Gasteiger charge is 2.40. The van der Waals surface area contributed by atoms with Crippen LogP contribution in [0.15, 0.2) is 60.9 Å². The maximum absolute atomic E-state index is 13.3. The molecule has 2 fully saturated rings. The Bertz CT molecular complexity index is 1770. The fourth-order valence-electron chi connectivity index (χ4n) is 5.82. The Kier molecular flexibility index (Phi) is 10.2. The van der Waals surface area contributed by atoms with Crippen LogP contribution in [-0.2, 0) is 13.1 Å². The van der Waals surface area contributed by atoms with Crippen molar-refractivity contribution in [2.24, 2.45) is 0 Å². The van der Waals surface area contributed by atoms with Crippen LogP contribution >= 0.6 is 0 Å². The van der Waals surface area contributed by atoms with Crippen molar-refractivity contribution in [3.8, 4) is 22.6 Å². The van der Waals surface area contributed by atoms with Crippen LogP contribution in [0, 0.1) is 13.8 Å². The second-order valence-corrected chi connectivity index (χ2v) is 13.3. The molecule has 0 atom stereocenters. The molecule has 262 valence electrons. The second-order valence-electron chi connectivity index (χ2n) is 13.3. The largest absolute Gasteiger partial charge is 0.496 e. The Hall–Kier alpha value is -4.88. The normalized spacial score (nSPS) is 15.2. The number of amides is 2. The molecule has 0 spiro atoms. The van der Waals surface area contributed by atoms with Crippen molar-refractivity contribution in [2.45, 2.75) is 63.8 Å². The second kappa shape index (κ2) is 14.5. The van der Waals surface area contributed by atoms with Gasteiger partial charge in [-0.15, -0.1) is 0 Å². The lowest BCUT2D eigenvalue weighted by Gasteiger charge is -2.17. The average molecular weight is 681 g/mol. The lowest BCUT2D eigenvalue weighted by molar-refractivity contribution is 0.101. The van der Waals surface area contributed by atoms with E-state index in [0.29, 0.717) is 49.1 Å². The first-order chi connectivity index (χ1) is 24.0. The van der Waals surface area contributed by atoms with Crippen LogP contribution in [0.5, 0.6) is 11.5 Å². The van der Waals surface area contributed by atoms with Gasteiger partial charge in [0.15, 0.2) is 0 Å². The van der Waals surface area contributed by atoms with Crippen LogP contribution in [0.3, 0.4) is 0 Å². The van der Waals surface area contributed by atoms with Gasteiger partial charge in [-0.2, -0.15) is 0 Å². The Morgan fingerprint density at radius 1 is 0.700 bits per heavy atom. The van der Waals surface area contributed by atoms with Gasteiger partial charge in [-0.25, -0.2) is 0 Å². The van der Waals surface area contributed by atoms with Crippen molar-refractivity contribution in [1.82, 2.24) is 20.6 Å². The highest BCUT2D eigenvalue weighted by molar-refractivity contribution is 6.05. The van der Waals surface area contributed by atoms with Gasteiger partial charge in [0.05, 0.1) is 25.4 Å². The summed E-state index contributed by atoms with van der Waals surface area (Å²) in [6.07, 6.45) is 6.42. The summed E-state index contributed by atoms with van der Waals surface area (Å²) in [6.45, 7) is 5.78. The van der Waals surface area contributed by atoms with Crippen LogP contribution in [0.4, 0.5) is 11.4 Å². The van der Waals surface area contributed by atoms with Crippen LogP contribution in [-0.4, -0.2) is 70.5 Å². The van der Waals surface area contributed by atoms with E-state index in [1.807, 2.05) is 50.2 Å². The Morgan fingerprint density at radius 3 is 1.46 bits per heavy atom. The Balaban J connectivity index is 1.14. The SMILES string of the molecule is COc1cc(C(=O)Nc2cccc(-c3cccc(NC(=O)c4cc(OC)c(CNCC5(O)CC5)cn4)c3C)c2C)ncc1CNCC1(O)CC1. The van der Waals surface area contributed by atoms with Crippen molar-refractivity contribution in [2.75, 3.05) is 37.9 Å². The molecule has 0 radical (unpaired) electrons. The minimum Gasteiger partial charge on any atom is -0.496 e. The van der Waals surface area contributed by atoms with Gasteiger partial charge in [-0.3, -0.25) is 19.6 Å². The number of methoxy groups -OCH3 is 2. The standard InChI is InChI=1S/C38H44N6O6/c1-23-27(7-5-9-29(23)43-35(45)31-15-33(49-3)25(19-41-31)17-39-21-37(47)11-12-37)28-8-6-10-30(24(28)2)44-36(46)32-16-34(50-4)26(20-42-32)18-40-22-38(48)13-14-38/h5-10,15-16,19-20,39-40,47-48H,11-14,17-18,21-22H2,1-4H3,(H,43,45)(H,44,46). The molecular weight excluding hydrogens is 636 g/mol. The van der Waals surface area contributed by atoms with Crippen molar-refractivity contribution in [3.05, 3.63) is 94.6 Å². The highest BCUT2D eigenvalue weighted by Crippen LogP contribution is 2.36. The van der Waals surface area contributed by atoms with Gasteiger partial charge in [-0.05, 0) is 73.9 Å². The van der Waals surface area contributed by atoms with Crippen LogP contribution in [0.2, 0.25) is 0 Å². The summed E-state index contributed by atoms with van der Waals surface area (Å²) in [5.41, 5.74) is 5.53. The van der Waals surface area contributed by atoms with E-state index in [0.717, 1.165) is 59.1 Å². The zero-order valence-corrected chi connectivity index (χ0v) is 28.9. The summed E-state index contributed by atoms with van der Waals surface area (Å²) in [5, 5.41) is 32.6. The van der Waals surface area contributed by atoms with Gasteiger partial charge in [0, 0.05) is 73.2 Å². The summed E-state index contributed by atoms with van der Waals surface area (Å²) in [6, 6.07) is 14.6. The molecule has 4 aromatic rings. The number of carbonyl (C=O) groups excluding carboxylic acids is 2. The Labute approximate surface area is 291 Å². The fraction of sp³-hybridized carbons (Fsp3) is 0.368. The van der Waals surface area contributed by atoms with Gasteiger partial charge < -0.3 is 41.0 Å². The molecule has 2 aromatic heterocycles. The zero-order chi connectivity index (χ0) is 35.5. The number of ether oxygens (including phenoxy) is 2. The maximum atomic E-state index is 13.3. The zero-order valence-electron chi connectivity index (χ0n) is 28.9. The minimum atomic E-state index is -0.612. The molecule has 2 saturated carbocycles. The summed E-state index contributed by atoms with van der Waals surface area (Å²) in [4.78, 5) is 35.4. The van der Waals surface area contributed by atoms with Crippen molar-refractivity contribution >= 4 is 23.2 Å². The third-order valence-corrected chi connectivity index (χ3v) is 9.44. The number of rotatable bonds is 15. The summed E-state index contributed by atoms with van der Waals surface area (Å²) in [5.74, 6) is 0.314. The molecule has 2 amide bonds. The van der Waals surface area contributed by atoms with E-state index >= 15 is 0 Å². The molecule has 2 aliphatic carbocycles. The minimum absolute atomic E-state index is 0.212. The van der Waals surface area contributed by atoms with Crippen LogP contribution < -0.4 is 30.7 Å². The maximum Gasteiger partial charge on any atom is 0.274 e. The van der Waals surface area contributed by atoms with Gasteiger partial charge in [0.2, 0.25) is 0 Å². The fourth-order valence-corrected chi connectivity index (χ4v) is 5.82. The molecular formula is C38H44N6O6. The van der Waals surface area contributed by atoms with Gasteiger partial charge in [0.25, 0.3) is 11.8 Å². The Morgan fingerprint density at radius 2 is 1.10 bits per heavy atom. The molecule has 0 bridgehead atoms. The third kappa shape index (κ3) is 8.11. The van der Waals surface area contributed by atoms with E-state index in [4.69, 9.17) is 9.47 Å². The average Bonchev–Trinajstić information content (AvgIpc) is 4.04. The molecule has 2 heterocycles. The van der Waals surface area contributed by atoms with Crippen molar-refractivity contribution < 1.29 is 29.3 Å². The lowest BCUT2D eigenvalue weighted by Crippen LogP contribution is -2.28. The number of aromatic nitrogens is 2. The topological polar surface area (TPSA) is 167 Å². The van der Waals surface area contributed by atoms with Gasteiger partial charge in [-0.1, -0.05) is 24.3 Å². The summed E-state index contributed by atoms with van der Waals surface area (Å²) < 4.78 is 11.1. The third-order valence-electron chi connectivity index (χ3n) is 9.44. The molecule has 6 N–H and O–H groups in total. The number of nitrogens with zero attached hydrogens (tertiary/aromatic N) is 2. The smallest absolute Gasteiger partial charge is 0.274 e. The van der Waals surface area contributed by atoms with Gasteiger partial charge >= 0.3 is 0 Å². The number of hydrogen-bond acceptors (Lipinski definition) is 10. The van der Waals surface area contributed by atoms with Crippen molar-refractivity contribution in [1.29, 1.82) is 0 Å². The van der Waals surface area contributed by atoms with Crippen LogP contribution in [0.1, 0.15) is 68.9 Å². The number of nitrogens with one attached hydrogen (secondary N) is 4. The highest BCUT2D eigenvalue weighted by atomic mass is 16.5. The van der Waals surface area contributed by atoms with E-state index in [-0.39, 0.29) is 23.2 Å². The first-order valence-corrected chi connectivity index (χ1v) is 16.8. The molecule has 0 unspecified atom stereocenters. The molecule has 0 aliphatic heterocycles. The first kappa shape index (κ1) is 35.0. The van der Waals surface area contributed by atoms with E-state index < -0.39 is 11.2 Å². The number of benzene rings is 2. The van der Waals surface area contributed by atoms with E-state index in [9.17, 15) is 19.8 Å². The number of pyridine rings is 2. The number of aliphatic hydroxyl groups is 2. The number of carbonyl (C=O) groups is 2. The summed E-state index contributed by atoms with van der Waals surface area (Å²) >= 11 is 0. The predicted octanol–water partition coefficient (Wildman–Crippen LogP) is 4.51. The molecule has 50 heavy (non-hydrogen) atoms. The molecule has 12 heteroatoms. The summed E-state index contributed by atoms with van der Waals surface area (Å²) in [7, 11) is 3.10. The van der Waals surface area contributed by atoms with Crippen molar-refractivity contribution in [3.63, 3.8) is 0 Å². The molecule has 2 aliphatic rings. The predicted molar refractivity (Wildman–Crippen MR) is 191 cm³/mol. The molecule has 12 nitrogen and oxygen atoms in total.